The van der Waals surface area contributed by atoms with Crippen molar-refractivity contribution in [1.82, 2.24) is 0 Å². The maximum absolute atomic E-state index is 11.1. The van der Waals surface area contributed by atoms with Gasteiger partial charge in [0, 0.05) is 10.7 Å². The topological polar surface area (TPSA) is 71.4 Å². The van der Waals surface area contributed by atoms with E-state index in [9.17, 15) is 13.2 Å². The van der Waals surface area contributed by atoms with E-state index in [1.165, 1.54) is 0 Å². The fraction of sp³-hybridized carbons (Fsp3) is 0.364. The molecule has 0 saturated carbocycles. The van der Waals surface area contributed by atoms with Crippen LogP contribution in [-0.4, -0.2) is 31.5 Å². The second-order valence-corrected chi connectivity index (χ2v) is 7.04. The highest BCUT2D eigenvalue weighted by Crippen LogP contribution is 2.23. The highest BCUT2D eigenvalue weighted by atomic mass is 79.9. The van der Waals surface area contributed by atoms with E-state index in [4.69, 9.17) is 5.11 Å². The molecular formula is C11H13BrO4S. The normalized spacial score (nSPS) is 13.3. The van der Waals surface area contributed by atoms with Crippen molar-refractivity contribution in [3.63, 3.8) is 0 Å². The third kappa shape index (κ3) is 4.87. The summed E-state index contributed by atoms with van der Waals surface area (Å²) < 4.78 is 22.9. The lowest BCUT2D eigenvalue weighted by molar-refractivity contribution is -0.138. The van der Waals surface area contributed by atoms with Gasteiger partial charge in [0.25, 0.3) is 0 Å². The van der Waals surface area contributed by atoms with E-state index < -0.39 is 21.7 Å². The fourth-order valence-electron chi connectivity index (χ4n) is 1.49. The predicted molar refractivity (Wildman–Crippen MR) is 68.8 cm³/mol. The van der Waals surface area contributed by atoms with Crippen LogP contribution in [0.15, 0.2) is 28.7 Å². The summed E-state index contributed by atoms with van der Waals surface area (Å²) in [6.07, 6.45) is 1.19. The Morgan fingerprint density at radius 1 is 1.47 bits per heavy atom. The summed E-state index contributed by atoms with van der Waals surface area (Å²) in [6.45, 7) is 0. The summed E-state index contributed by atoms with van der Waals surface area (Å²) in [6, 6.07) is 6.90. The van der Waals surface area contributed by atoms with E-state index in [1.54, 1.807) is 24.3 Å². The molecule has 0 aliphatic rings. The number of carbonyl (C=O) groups is 1. The quantitative estimate of drug-likeness (QED) is 0.901. The molecule has 94 valence electrons. The molecule has 1 unspecified atom stereocenters. The molecule has 0 saturated heterocycles. The molecule has 0 radical (unpaired) electrons. The summed E-state index contributed by atoms with van der Waals surface area (Å²) in [5.74, 6) is -1.93. The number of carboxylic acid groups (broad SMARTS) is 1. The first-order chi connectivity index (χ1) is 7.79. The third-order valence-corrected chi connectivity index (χ3v) is 3.80. The molecule has 0 fully saturated rings. The second-order valence-electron chi connectivity index (χ2n) is 3.86. The number of hydrogen-bond donors (Lipinski definition) is 1. The van der Waals surface area contributed by atoms with Crippen molar-refractivity contribution in [3.05, 3.63) is 34.3 Å². The minimum Gasteiger partial charge on any atom is -0.481 e. The van der Waals surface area contributed by atoms with Crippen LogP contribution in [0.3, 0.4) is 0 Å². The maximum Gasteiger partial charge on any atom is 0.311 e. The molecule has 17 heavy (non-hydrogen) atoms. The summed E-state index contributed by atoms with van der Waals surface area (Å²) in [5, 5.41) is 9.10. The van der Waals surface area contributed by atoms with Gasteiger partial charge >= 0.3 is 5.97 Å². The van der Waals surface area contributed by atoms with Crippen LogP contribution < -0.4 is 0 Å². The number of halogens is 1. The molecular weight excluding hydrogens is 308 g/mol. The van der Waals surface area contributed by atoms with Crippen molar-refractivity contribution in [2.45, 2.75) is 12.3 Å². The van der Waals surface area contributed by atoms with Crippen LogP contribution in [0, 0.1) is 0 Å². The van der Waals surface area contributed by atoms with Gasteiger partial charge in [0.05, 0.1) is 11.7 Å². The Morgan fingerprint density at radius 3 is 2.59 bits per heavy atom. The van der Waals surface area contributed by atoms with Crippen LogP contribution in [0.1, 0.15) is 17.9 Å². The van der Waals surface area contributed by atoms with Crippen molar-refractivity contribution in [1.29, 1.82) is 0 Å². The molecule has 1 aromatic rings. The SMILES string of the molecule is CS(=O)(=O)CCC(C(=O)O)c1cccc(Br)c1. The van der Waals surface area contributed by atoms with Crippen molar-refractivity contribution in [2.75, 3.05) is 12.0 Å². The zero-order chi connectivity index (χ0) is 13.1. The molecule has 0 aliphatic heterocycles. The van der Waals surface area contributed by atoms with Gasteiger partial charge in [0.2, 0.25) is 0 Å². The largest absolute Gasteiger partial charge is 0.481 e. The molecule has 0 amide bonds. The van der Waals surface area contributed by atoms with Gasteiger partial charge in [-0.3, -0.25) is 4.79 Å². The lowest BCUT2D eigenvalue weighted by atomic mass is 9.97. The smallest absolute Gasteiger partial charge is 0.311 e. The van der Waals surface area contributed by atoms with Crippen LogP contribution in [-0.2, 0) is 14.6 Å². The van der Waals surface area contributed by atoms with Crippen molar-refractivity contribution >= 4 is 31.7 Å². The first-order valence-electron chi connectivity index (χ1n) is 4.95. The van der Waals surface area contributed by atoms with E-state index >= 15 is 0 Å². The van der Waals surface area contributed by atoms with Gasteiger partial charge in [0.15, 0.2) is 0 Å². The molecule has 6 heteroatoms. The monoisotopic (exact) mass is 320 g/mol. The highest BCUT2D eigenvalue weighted by molar-refractivity contribution is 9.10. The van der Waals surface area contributed by atoms with Crippen LogP contribution in [0.2, 0.25) is 0 Å². The molecule has 1 N–H and O–H groups in total. The summed E-state index contributed by atoms with van der Waals surface area (Å²) >= 11 is 3.26. The van der Waals surface area contributed by atoms with E-state index in [0.717, 1.165) is 10.7 Å². The Morgan fingerprint density at radius 2 is 2.12 bits per heavy atom. The minimum absolute atomic E-state index is 0.0879. The zero-order valence-corrected chi connectivity index (χ0v) is 11.7. The molecule has 0 heterocycles. The standard InChI is InChI=1S/C11H13BrO4S/c1-17(15,16)6-5-10(11(13)14)8-3-2-4-9(12)7-8/h2-4,7,10H,5-6H2,1H3,(H,13,14). The maximum atomic E-state index is 11.1. The van der Waals surface area contributed by atoms with E-state index in [1.807, 2.05) is 0 Å². The highest BCUT2D eigenvalue weighted by Gasteiger charge is 2.21. The molecule has 0 aromatic heterocycles. The predicted octanol–water partition coefficient (Wildman–Crippen LogP) is 2.05. The van der Waals surface area contributed by atoms with Crippen LogP contribution >= 0.6 is 15.9 Å². The van der Waals surface area contributed by atoms with E-state index in [0.29, 0.717) is 5.56 Å². The molecule has 4 nitrogen and oxygen atoms in total. The lowest BCUT2D eigenvalue weighted by Gasteiger charge is -2.12. The first-order valence-corrected chi connectivity index (χ1v) is 7.81. The second kappa shape index (κ2) is 5.64. The minimum atomic E-state index is -3.15. The lowest BCUT2D eigenvalue weighted by Crippen LogP contribution is -2.16. The van der Waals surface area contributed by atoms with Gasteiger partial charge in [-0.15, -0.1) is 0 Å². The van der Waals surface area contributed by atoms with Gasteiger partial charge < -0.3 is 5.11 Å². The van der Waals surface area contributed by atoms with Crippen LogP contribution in [0.25, 0.3) is 0 Å². The van der Waals surface area contributed by atoms with Crippen molar-refractivity contribution in [2.24, 2.45) is 0 Å². The molecule has 0 bridgehead atoms. The summed E-state index contributed by atoms with van der Waals surface area (Å²) in [5.41, 5.74) is 0.607. The third-order valence-electron chi connectivity index (χ3n) is 2.33. The van der Waals surface area contributed by atoms with Gasteiger partial charge in [-0.05, 0) is 24.1 Å². The van der Waals surface area contributed by atoms with Gasteiger partial charge in [-0.1, -0.05) is 28.1 Å². The number of aliphatic carboxylic acids is 1. The van der Waals surface area contributed by atoms with Gasteiger partial charge in [-0.25, -0.2) is 8.42 Å². The number of hydrogen-bond acceptors (Lipinski definition) is 3. The Labute approximate surface area is 109 Å². The van der Waals surface area contributed by atoms with Crippen LogP contribution in [0.5, 0.6) is 0 Å². The molecule has 1 aromatic carbocycles. The van der Waals surface area contributed by atoms with E-state index in [2.05, 4.69) is 15.9 Å². The number of benzene rings is 1. The zero-order valence-electron chi connectivity index (χ0n) is 9.26. The van der Waals surface area contributed by atoms with E-state index in [-0.39, 0.29) is 12.2 Å². The molecule has 1 atom stereocenters. The average Bonchev–Trinajstić information content (AvgIpc) is 2.15. The Bertz CT molecular complexity index is 510. The van der Waals surface area contributed by atoms with Crippen LogP contribution in [0.4, 0.5) is 0 Å². The van der Waals surface area contributed by atoms with Crippen molar-refractivity contribution < 1.29 is 18.3 Å². The summed E-state index contributed by atoms with van der Waals surface area (Å²) in [7, 11) is -3.15. The molecule has 1 rings (SSSR count). The fourth-order valence-corrected chi connectivity index (χ4v) is 2.57. The first kappa shape index (κ1) is 14.2. The Hall–Kier alpha value is -0.880. The van der Waals surface area contributed by atoms with Gasteiger partial charge in [-0.2, -0.15) is 0 Å². The number of carboxylic acids is 1. The molecule has 0 aliphatic carbocycles. The Kier molecular flexibility index (Phi) is 4.70. The average molecular weight is 321 g/mol. The Balaban J connectivity index is 2.91. The molecule has 0 spiro atoms. The van der Waals surface area contributed by atoms with Gasteiger partial charge in [0.1, 0.15) is 9.84 Å². The number of sulfone groups is 1. The van der Waals surface area contributed by atoms with Crippen molar-refractivity contribution in [3.8, 4) is 0 Å². The summed E-state index contributed by atoms with van der Waals surface area (Å²) in [4.78, 5) is 11.1. The number of rotatable bonds is 5.